The number of nitrogens with one attached hydrogen (secondary N) is 2. The fraction of sp³-hybridized carbons (Fsp3) is 0.579. The monoisotopic (exact) mass is 468 g/mol. The maximum atomic E-state index is 13.7. The maximum absolute atomic E-state index is 13.7. The van der Waals surface area contributed by atoms with E-state index < -0.39 is 48.1 Å². The largest absolute Gasteiger partial charge is 0.418 e. The first-order valence-electron chi connectivity index (χ1n) is 9.92. The smallest absolute Gasteiger partial charge is 0.378 e. The molecule has 3 amide bonds. The number of carbonyl (C=O) groups is 2. The van der Waals surface area contributed by atoms with Gasteiger partial charge in [0.25, 0.3) is 0 Å². The van der Waals surface area contributed by atoms with Crippen molar-refractivity contribution in [1.82, 2.24) is 10.2 Å². The van der Waals surface area contributed by atoms with Gasteiger partial charge >= 0.3 is 18.4 Å². The zero-order valence-corrected chi connectivity index (χ0v) is 16.9. The van der Waals surface area contributed by atoms with Gasteiger partial charge in [-0.2, -0.15) is 26.3 Å². The number of carbonyl (C=O) groups excluding carboxylic acids is 2. The van der Waals surface area contributed by atoms with Crippen LogP contribution in [0.3, 0.4) is 0 Å². The average molecular weight is 468 g/mol. The van der Waals surface area contributed by atoms with Crippen LogP contribution < -0.4 is 15.5 Å². The minimum Gasteiger partial charge on any atom is -0.378 e. The minimum absolute atomic E-state index is 0.0309. The number of amides is 3. The van der Waals surface area contributed by atoms with Gasteiger partial charge in [-0.15, -0.1) is 0 Å². The van der Waals surface area contributed by atoms with Gasteiger partial charge in [-0.25, -0.2) is 4.79 Å². The van der Waals surface area contributed by atoms with E-state index in [1.54, 1.807) is 10.2 Å². The van der Waals surface area contributed by atoms with E-state index in [1.807, 2.05) is 0 Å². The van der Waals surface area contributed by atoms with Gasteiger partial charge in [-0.3, -0.25) is 4.79 Å². The van der Waals surface area contributed by atoms with Crippen molar-refractivity contribution in [1.29, 1.82) is 0 Å². The molecule has 0 aliphatic carbocycles. The first-order valence-corrected chi connectivity index (χ1v) is 9.92. The molecule has 13 heteroatoms. The second-order valence-corrected chi connectivity index (χ2v) is 7.44. The number of nitrogens with zero attached hydrogens (tertiary/aromatic N) is 2. The lowest BCUT2D eigenvalue weighted by Gasteiger charge is -2.30. The maximum Gasteiger partial charge on any atom is 0.418 e. The zero-order valence-electron chi connectivity index (χ0n) is 16.9. The summed E-state index contributed by atoms with van der Waals surface area (Å²) in [5.41, 5.74) is -1.24. The third kappa shape index (κ3) is 5.96. The van der Waals surface area contributed by atoms with Crippen molar-refractivity contribution >= 4 is 23.3 Å². The van der Waals surface area contributed by atoms with Crippen LogP contribution in [0.1, 0.15) is 18.4 Å². The predicted octanol–water partition coefficient (Wildman–Crippen LogP) is 3.22. The van der Waals surface area contributed by atoms with E-state index >= 15 is 0 Å². The lowest BCUT2D eigenvalue weighted by Crippen LogP contribution is -2.49. The summed E-state index contributed by atoms with van der Waals surface area (Å²) in [6.45, 7) is 0.0817. The third-order valence-corrected chi connectivity index (χ3v) is 5.21. The molecule has 1 unspecified atom stereocenters. The average Bonchev–Trinajstić information content (AvgIpc) is 3.22. The number of benzene rings is 1. The molecule has 2 fully saturated rings. The van der Waals surface area contributed by atoms with Crippen molar-refractivity contribution in [3.63, 3.8) is 0 Å². The van der Waals surface area contributed by atoms with Gasteiger partial charge in [0.15, 0.2) is 0 Å². The standard InChI is InChI=1S/C19H22F6N4O3/c20-18(21,22)11-26-16(30)15-2-1-5-29(15)17(31)27-14-4-3-12(10-13(14)19(23,24)25)28-6-8-32-9-7-28/h3-4,10,15H,1-2,5-9,11H2,(H,26,30)(H,27,31). The number of rotatable bonds is 4. The first kappa shape index (κ1) is 24.0. The van der Waals surface area contributed by atoms with E-state index in [-0.39, 0.29) is 13.0 Å². The number of halogens is 6. The number of alkyl halides is 6. The molecule has 0 saturated carbocycles. The highest BCUT2D eigenvalue weighted by atomic mass is 19.4. The van der Waals surface area contributed by atoms with E-state index in [0.717, 1.165) is 17.0 Å². The Hall–Kier alpha value is -2.70. The Morgan fingerprint density at radius 2 is 1.75 bits per heavy atom. The van der Waals surface area contributed by atoms with Gasteiger partial charge in [-0.1, -0.05) is 0 Å². The van der Waals surface area contributed by atoms with Crippen LogP contribution in [0.4, 0.5) is 42.5 Å². The number of likely N-dealkylation sites (tertiary alicyclic amines) is 1. The Morgan fingerprint density at radius 1 is 1.06 bits per heavy atom. The quantitative estimate of drug-likeness (QED) is 0.666. The molecular weight excluding hydrogens is 446 g/mol. The molecular formula is C19H22F6N4O3. The summed E-state index contributed by atoms with van der Waals surface area (Å²) in [5, 5.41) is 3.88. The van der Waals surface area contributed by atoms with Crippen molar-refractivity contribution in [3.8, 4) is 0 Å². The Labute approximate surface area is 179 Å². The second-order valence-electron chi connectivity index (χ2n) is 7.44. The van der Waals surface area contributed by atoms with Crippen LogP contribution in [-0.2, 0) is 15.7 Å². The van der Waals surface area contributed by atoms with Gasteiger partial charge in [0.1, 0.15) is 12.6 Å². The molecule has 2 saturated heterocycles. The lowest BCUT2D eigenvalue weighted by molar-refractivity contribution is -0.140. The molecule has 178 valence electrons. The highest BCUT2D eigenvalue weighted by Crippen LogP contribution is 2.38. The fourth-order valence-electron chi connectivity index (χ4n) is 3.67. The molecule has 0 radical (unpaired) electrons. The van der Waals surface area contributed by atoms with Gasteiger partial charge in [0.2, 0.25) is 5.91 Å². The summed E-state index contributed by atoms with van der Waals surface area (Å²) in [4.78, 5) is 27.4. The number of anilines is 2. The van der Waals surface area contributed by atoms with E-state index in [9.17, 15) is 35.9 Å². The van der Waals surface area contributed by atoms with Crippen LogP contribution in [0, 0.1) is 0 Å². The molecule has 0 bridgehead atoms. The lowest BCUT2D eigenvalue weighted by atomic mass is 10.1. The van der Waals surface area contributed by atoms with Gasteiger partial charge in [0, 0.05) is 25.3 Å². The van der Waals surface area contributed by atoms with Gasteiger partial charge < -0.3 is 25.2 Å². The molecule has 7 nitrogen and oxygen atoms in total. The molecule has 2 heterocycles. The summed E-state index contributed by atoms with van der Waals surface area (Å²) < 4.78 is 83.2. The van der Waals surface area contributed by atoms with E-state index in [1.165, 1.54) is 6.07 Å². The summed E-state index contributed by atoms with van der Waals surface area (Å²) in [7, 11) is 0. The summed E-state index contributed by atoms with van der Waals surface area (Å²) >= 11 is 0. The van der Waals surface area contributed by atoms with Crippen LogP contribution in [0.25, 0.3) is 0 Å². The zero-order chi connectivity index (χ0) is 23.5. The van der Waals surface area contributed by atoms with Crippen LogP contribution >= 0.6 is 0 Å². The van der Waals surface area contributed by atoms with E-state index in [4.69, 9.17) is 4.74 Å². The molecule has 1 atom stereocenters. The molecule has 2 aliphatic rings. The van der Waals surface area contributed by atoms with Crippen LogP contribution in [-0.4, -0.2) is 68.4 Å². The molecule has 3 rings (SSSR count). The Morgan fingerprint density at radius 3 is 2.38 bits per heavy atom. The molecule has 1 aromatic rings. The normalized spacial score (nSPS) is 19.8. The number of hydrogen-bond acceptors (Lipinski definition) is 4. The van der Waals surface area contributed by atoms with E-state index in [0.29, 0.717) is 38.4 Å². The molecule has 0 spiro atoms. The van der Waals surface area contributed by atoms with Crippen molar-refractivity contribution in [2.24, 2.45) is 0 Å². The topological polar surface area (TPSA) is 73.9 Å². The SMILES string of the molecule is O=C(NCC(F)(F)F)C1CCCN1C(=O)Nc1ccc(N2CCOCC2)cc1C(F)(F)F. The summed E-state index contributed by atoms with van der Waals surface area (Å²) in [6, 6.07) is 1.31. The van der Waals surface area contributed by atoms with Crippen LogP contribution in [0.5, 0.6) is 0 Å². The van der Waals surface area contributed by atoms with Crippen LogP contribution in [0.15, 0.2) is 18.2 Å². The third-order valence-electron chi connectivity index (χ3n) is 5.21. The second kappa shape index (κ2) is 9.43. The molecule has 1 aromatic carbocycles. The number of morpholine rings is 1. The summed E-state index contributed by atoms with van der Waals surface area (Å²) in [6.07, 6.45) is -8.94. The summed E-state index contributed by atoms with van der Waals surface area (Å²) in [5.74, 6) is -1.01. The van der Waals surface area contributed by atoms with E-state index in [2.05, 4.69) is 5.32 Å². The van der Waals surface area contributed by atoms with Crippen molar-refractivity contribution in [2.75, 3.05) is 49.6 Å². The van der Waals surface area contributed by atoms with Gasteiger partial charge in [0.05, 0.1) is 24.5 Å². The number of hydrogen-bond donors (Lipinski definition) is 2. The highest BCUT2D eigenvalue weighted by molar-refractivity contribution is 5.95. The molecule has 2 N–H and O–H groups in total. The first-order chi connectivity index (χ1) is 15.0. The van der Waals surface area contributed by atoms with Crippen molar-refractivity contribution < 1.29 is 40.7 Å². The predicted molar refractivity (Wildman–Crippen MR) is 102 cm³/mol. The fourth-order valence-corrected chi connectivity index (χ4v) is 3.67. The number of ether oxygens (including phenoxy) is 1. The number of urea groups is 1. The van der Waals surface area contributed by atoms with Crippen molar-refractivity contribution in [2.45, 2.75) is 31.2 Å². The minimum atomic E-state index is -4.76. The molecule has 0 aromatic heterocycles. The van der Waals surface area contributed by atoms with Crippen LogP contribution in [0.2, 0.25) is 0 Å². The highest BCUT2D eigenvalue weighted by Gasteiger charge is 2.38. The molecule has 32 heavy (non-hydrogen) atoms. The Balaban J connectivity index is 1.75. The van der Waals surface area contributed by atoms with Crippen molar-refractivity contribution in [3.05, 3.63) is 23.8 Å². The Bertz CT molecular complexity index is 839. The Kier molecular flexibility index (Phi) is 7.06. The van der Waals surface area contributed by atoms with Gasteiger partial charge in [-0.05, 0) is 31.0 Å². The molecule has 2 aliphatic heterocycles.